The number of amides is 1. The lowest BCUT2D eigenvalue weighted by molar-refractivity contribution is 0.0596. The third-order valence-electron chi connectivity index (χ3n) is 6.25. The van der Waals surface area contributed by atoms with E-state index in [0.717, 1.165) is 31.5 Å². The number of hydrogen-bond acceptors (Lipinski definition) is 6. The number of pyridine rings is 1. The molecule has 1 saturated carbocycles. The van der Waals surface area contributed by atoms with E-state index in [0.29, 0.717) is 35.6 Å². The fourth-order valence-corrected chi connectivity index (χ4v) is 4.63. The van der Waals surface area contributed by atoms with Gasteiger partial charge in [-0.1, -0.05) is 24.1 Å². The molecule has 0 radical (unpaired) electrons. The summed E-state index contributed by atoms with van der Waals surface area (Å²) in [5.74, 6) is 1.84. The first kappa shape index (κ1) is 19.0. The minimum Gasteiger partial charge on any atom is -0.336 e. The highest BCUT2D eigenvalue weighted by Crippen LogP contribution is 2.46. The zero-order valence-corrected chi connectivity index (χ0v) is 17.4. The van der Waals surface area contributed by atoms with Crippen LogP contribution in [0.2, 0.25) is 0 Å². The van der Waals surface area contributed by atoms with Gasteiger partial charge in [-0.05, 0) is 50.3 Å². The van der Waals surface area contributed by atoms with Crippen LogP contribution in [0.25, 0.3) is 11.6 Å². The topological polar surface area (TPSA) is 89.9 Å². The molecular formula is C22H26N6O2. The molecule has 0 bridgehead atoms. The van der Waals surface area contributed by atoms with Gasteiger partial charge in [-0.2, -0.15) is 10.1 Å². The molecule has 0 spiro atoms. The molecule has 0 aromatic carbocycles. The van der Waals surface area contributed by atoms with Crippen molar-refractivity contribution in [3.8, 4) is 11.6 Å². The molecule has 5 rings (SSSR count). The van der Waals surface area contributed by atoms with Crippen LogP contribution in [0.5, 0.6) is 0 Å². The lowest BCUT2D eigenvalue weighted by Gasteiger charge is -2.41. The highest BCUT2D eigenvalue weighted by atomic mass is 16.5. The number of hydrogen-bond donors (Lipinski definition) is 0. The van der Waals surface area contributed by atoms with Crippen LogP contribution < -0.4 is 0 Å². The fraction of sp³-hybridized carbons (Fsp3) is 0.500. The smallest absolute Gasteiger partial charge is 0.276 e. The van der Waals surface area contributed by atoms with E-state index in [1.54, 1.807) is 10.9 Å². The molecule has 3 aromatic heterocycles. The maximum Gasteiger partial charge on any atom is 0.276 e. The van der Waals surface area contributed by atoms with E-state index in [4.69, 9.17) is 9.51 Å². The maximum atomic E-state index is 13.3. The predicted octanol–water partition coefficient (Wildman–Crippen LogP) is 3.15. The molecule has 30 heavy (non-hydrogen) atoms. The number of carbonyl (C=O) groups excluding carboxylic acids is 1. The van der Waals surface area contributed by atoms with Gasteiger partial charge in [0.05, 0.1) is 11.1 Å². The average Bonchev–Trinajstić information content (AvgIpc) is 3.29. The van der Waals surface area contributed by atoms with Crippen molar-refractivity contribution in [1.82, 2.24) is 29.8 Å². The van der Waals surface area contributed by atoms with Gasteiger partial charge in [0.2, 0.25) is 0 Å². The second-order valence-electron chi connectivity index (χ2n) is 8.69. The highest BCUT2D eigenvalue weighted by molar-refractivity contribution is 5.92. The van der Waals surface area contributed by atoms with Crippen molar-refractivity contribution in [2.75, 3.05) is 13.1 Å². The van der Waals surface area contributed by atoms with Crippen LogP contribution in [-0.2, 0) is 12.5 Å². The quantitative estimate of drug-likeness (QED) is 0.647. The van der Waals surface area contributed by atoms with Crippen LogP contribution in [0.3, 0.4) is 0 Å². The Balaban J connectivity index is 1.46. The van der Waals surface area contributed by atoms with Gasteiger partial charge in [-0.15, -0.1) is 0 Å². The summed E-state index contributed by atoms with van der Waals surface area (Å²) in [6.07, 6.45) is 7.06. The second-order valence-corrected chi connectivity index (χ2v) is 8.69. The van der Waals surface area contributed by atoms with Gasteiger partial charge in [0, 0.05) is 26.3 Å². The predicted molar refractivity (Wildman–Crippen MR) is 110 cm³/mol. The van der Waals surface area contributed by atoms with Gasteiger partial charge in [-0.25, -0.2) is 0 Å². The Bertz CT molecular complexity index is 1050. The summed E-state index contributed by atoms with van der Waals surface area (Å²) in [5.41, 5.74) is 1.86. The Hall–Kier alpha value is -3.03. The molecule has 1 unspecified atom stereocenters. The van der Waals surface area contributed by atoms with Crippen molar-refractivity contribution in [3.63, 3.8) is 0 Å². The van der Waals surface area contributed by atoms with Crippen molar-refractivity contribution in [3.05, 3.63) is 47.7 Å². The van der Waals surface area contributed by atoms with E-state index in [-0.39, 0.29) is 11.3 Å². The summed E-state index contributed by atoms with van der Waals surface area (Å²) in [5, 5.41) is 8.72. The summed E-state index contributed by atoms with van der Waals surface area (Å²) >= 11 is 0. The number of aromatic nitrogens is 5. The van der Waals surface area contributed by atoms with Crippen LogP contribution in [0.1, 0.15) is 54.1 Å². The molecule has 1 amide bonds. The molecule has 3 aromatic rings. The lowest BCUT2D eigenvalue weighted by Crippen LogP contribution is -2.49. The molecule has 0 N–H and O–H groups in total. The average molecular weight is 406 g/mol. The molecule has 1 saturated heterocycles. The first-order chi connectivity index (χ1) is 14.5. The molecule has 1 aliphatic heterocycles. The van der Waals surface area contributed by atoms with Crippen molar-refractivity contribution < 1.29 is 9.32 Å². The van der Waals surface area contributed by atoms with Crippen molar-refractivity contribution in [2.24, 2.45) is 13.0 Å². The van der Waals surface area contributed by atoms with E-state index < -0.39 is 0 Å². The van der Waals surface area contributed by atoms with Crippen molar-refractivity contribution >= 4 is 5.91 Å². The van der Waals surface area contributed by atoms with Gasteiger partial charge >= 0.3 is 0 Å². The Morgan fingerprint density at radius 3 is 2.90 bits per heavy atom. The van der Waals surface area contributed by atoms with Crippen LogP contribution in [-0.4, -0.2) is 48.8 Å². The number of piperidine rings is 1. The number of aryl methyl sites for hydroxylation is 2. The van der Waals surface area contributed by atoms with Crippen LogP contribution >= 0.6 is 0 Å². The van der Waals surface area contributed by atoms with E-state index in [2.05, 4.69) is 15.2 Å². The first-order valence-electron chi connectivity index (χ1n) is 10.6. The molecule has 8 nitrogen and oxygen atoms in total. The van der Waals surface area contributed by atoms with Crippen LogP contribution in [0.4, 0.5) is 0 Å². The number of likely N-dealkylation sites (tertiary alicyclic amines) is 1. The summed E-state index contributed by atoms with van der Waals surface area (Å²) < 4.78 is 7.26. The molecule has 1 atom stereocenters. The van der Waals surface area contributed by atoms with E-state index in [1.807, 2.05) is 43.1 Å². The fourth-order valence-electron chi connectivity index (χ4n) is 4.63. The third kappa shape index (κ3) is 3.51. The normalized spacial score (nSPS) is 21.7. The molecule has 8 heteroatoms. The molecule has 2 aliphatic rings. The Labute approximate surface area is 175 Å². The Kier molecular flexibility index (Phi) is 4.64. The van der Waals surface area contributed by atoms with Gasteiger partial charge in [0.25, 0.3) is 11.8 Å². The minimum atomic E-state index is -0.279. The second kappa shape index (κ2) is 7.34. The van der Waals surface area contributed by atoms with E-state index >= 15 is 0 Å². The summed E-state index contributed by atoms with van der Waals surface area (Å²) in [7, 11) is 1.82. The summed E-state index contributed by atoms with van der Waals surface area (Å²) in [6, 6.07) is 7.49. The molecule has 156 valence electrons. The monoisotopic (exact) mass is 406 g/mol. The van der Waals surface area contributed by atoms with Gasteiger partial charge in [0.15, 0.2) is 5.82 Å². The SMILES string of the molecule is Cc1cc(C(=O)N2CCCC(CC3CC3)(c3noc(-c4ccccn4)n3)C2)n(C)n1. The highest BCUT2D eigenvalue weighted by Gasteiger charge is 2.46. The number of rotatable bonds is 5. The Morgan fingerprint density at radius 1 is 1.33 bits per heavy atom. The molecular weight excluding hydrogens is 380 g/mol. The van der Waals surface area contributed by atoms with E-state index in [1.165, 1.54) is 12.8 Å². The van der Waals surface area contributed by atoms with E-state index in [9.17, 15) is 4.79 Å². The summed E-state index contributed by atoms with van der Waals surface area (Å²) in [4.78, 5) is 24.3. The standard InChI is InChI=1S/C22H26N6O2/c1-15-12-18(27(2)25-15)20(29)28-11-5-9-22(14-28,13-16-7-8-16)21-24-19(30-26-21)17-6-3-4-10-23-17/h3-4,6,10,12,16H,5,7-9,11,13-14H2,1-2H3. The van der Waals surface area contributed by atoms with Crippen LogP contribution in [0, 0.1) is 12.8 Å². The van der Waals surface area contributed by atoms with Gasteiger partial charge in [0.1, 0.15) is 11.4 Å². The van der Waals surface area contributed by atoms with Crippen LogP contribution in [0.15, 0.2) is 35.0 Å². The molecule has 2 fully saturated rings. The molecule has 1 aliphatic carbocycles. The van der Waals surface area contributed by atoms with Crippen molar-refractivity contribution in [2.45, 2.75) is 44.4 Å². The minimum absolute atomic E-state index is 0.0198. The van der Waals surface area contributed by atoms with Gasteiger partial charge < -0.3 is 9.42 Å². The number of carbonyl (C=O) groups is 1. The third-order valence-corrected chi connectivity index (χ3v) is 6.25. The zero-order chi connectivity index (χ0) is 20.7. The summed E-state index contributed by atoms with van der Waals surface area (Å²) in [6.45, 7) is 3.25. The number of nitrogens with zero attached hydrogens (tertiary/aromatic N) is 6. The first-order valence-corrected chi connectivity index (χ1v) is 10.6. The Morgan fingerprint density at radius 2 is 2.20 bits per heavy atom. The van der Waals surface area contributed by atoms with Crippen molar-refractivity contribution in [1.29, 1.82) is 0 Å². The molecule has 4 heterocycles. The largest absolute Gasteiger partial charge is 0.336 e. The maximum absolute atomic E-state index is 13.3. The zero-order valence-electron chi connectivity index (χ0n) is 17.4. The van der Waals surface area contributed by atoms with Gasteiger partial charge in [-0.3, -0.25) is 14.5 Å². The lowest BCUT2D eigenvalue weighted by atomic mass is 9.74.